The standard InChI is InChI=1S/C15H31NOS.C8H13N.CH3Br/c1-8-9-14(5,6)11-16-12(17)15(7,18)10-13(2,3)4;1-4-6-8(5-2)7-9-3;1-2/h18H,8-11H2,1-7H3,(H,16,17);4-6,9H,1-2,7H2,3H3;1H3/p+1/b;8-6+;. The number of likely N-dealkylation sites (N-methyl/N-ethyl adjacent to an activating group) is 1. The summed E-state index contributed by atoms with van der Waals surface area (Å²) in [6, 6.07) is 0. The van der Waals surface area contributed by atoms with E-state index in [4.69, 9.17) is 0 Å². The summed E-state index contributed by atoms with van der Waals surface area (Å²) in [7, 11) is 2.03. The van der Waals surface area contributed by atoms with Crippen LogP contribution in [0.2, 0.25) is 0 Å². The van der Waals surface area contributed by atoms with Crippen molar-refractivity contribution in [3.63, 3.8) is 0 Å². The Hall–Kier alpha value is -0.520. The van der Waals surface area contributed by atoms with Crippen molar-refractivity contribution in [1.29, 1.82) is 0 Å². The Morgan fingerprint density at radius 3 is 2.00 bits per heavy atom. The van der Waals surface area contributed by atoms with E-state index in [9.17, 15) is 4.79 Å². The number of alkyl halides is 1. The Morgan fingerprint density at radius 2 is 1.66 bits per heavy atom. The topological polar surface area (TPSA) is 45.7 Å². The third-order valence-electron chi connectivity index (χ3n) is 4.05. The predicted molar refractivity (Wildman–Crippen MR) is 139 cm³/mol. The first-order valence-electron chi connectivity index (χ1n) is 10.3. The maximum absolute atomic E-state index is 12.2. The molecule has 0 saturated heterocycles. The molecule has 0 aromatic heterocycles. The average Bonchev–Trinajstić information content (AvgIpc) is 2.59. The Kier molecular flexibility index (Phi) is 19.6. The molecular weight excluding hydrogens is 444 g/mol. The number of halogens is 1. The van der Waals surface area contributed by atoms with Crippen molar-refractivity contribution in [3.05, 3.63) is 37.0 Å². The van der Waals surface area contributed by atoms with E-state index in [0.717, 1.165) is 32.4 Å². The SMILES string of the molecule is C=C/C=C(\C=C)C[NH2+]C.CBr.CCCC(C)(C)CNC(=O)C(C)(S)CC(C)(C)C. The molecule has 3 nitrogen and oxygen atoms in total. The fourth-order valence-corrected chi connectivity index (χ4v) is 3.55. The van der Waals surface area contributed by atoms with Crippen molar-refractivity contribution in [2.45, 2.75) is 72.5 Å². The van der Waals surface area contributed by atoms with Gasteiger partial charge in [-0.05, 0) is 36.4 Å². The molecule has 0 fully saturated rings. The second-order valence-electron chi connectivity index (χ2n) is 9.40. The number of amides is 1. The number of allylic oxidation sites excluding steroid dienone is 2. The van der Waals surface area contributed by atoms with Gasteiger partial charge in [0.05, 0.1) is 11.8 Å². The molecule has 5 heteroatoms. The number of carbonyl (C=O) groups excluding carboxylic acids is 1. The van der Waals surface area contributed by atoms with E-state index in [0.29, 0.717) is 0 Å². The van der Waals surface area contributed by atoms with Crippen molar-refractivity contribution in [2.24, 2.45) is 10.8 Å². The third kappa shape index (κ3) is 20.5. The van der Waals surface area contributed by atoms with Gasteiger partial charge in [0.1, 0.15) is 6.54 Å². The minimum Gasteiger partial charge on any atom is -0.354 e. The second kappa shape index (κ2) is 17.2. The van der Waals surface area contributed by atoms with Crippen LogP contribution in [0.5, 0.6) is 0 Å². The molecule has 0 heterocycles. The lowest BCUT2D eigenvalue weighted by Crippen LogP contribution is -2.80. The van der Waals surface area contributed by atoms with Crippen LogP contribution in [0.25, 0.3) is 0 Å². The van der Waals surface area contributed by atoms with E-state index in [1.807, 2.05) is 32.0 Å². The van der Waals surface area contributed by atoms with Gasteiger partial charge < -0.3 is 10.6 Å². The highest BCUT2D eigenvalue weighted by Gasteiger charge is 2.34. The second-order valence-corrected chi connectivity index (χ2v) is 10.4. The maximum Gasteiger partial charge on any atom is 0.235 e. The van der Waals surface area contributed by atoms with Crippen LogP contribution in [0.1, 0.15) is 67.7 Å². The molecule has 0 aliphatic rings. The highest BCUT2D eigenvalue weighted by atomic mass is 79.9. The van der Waals surface area contributed by atoms with Gasteiger partial charge in [0.25, 0.3) is 0 Å². The van der Waals surface area contributed by atoms with Gasteiger partial charge in [-0.1, -0.05) is 95.3 Å². The average molecular weight is 493 g/mol. The van der Waals surface area contributed by atoms with Crippen molar-refractivity contribution in [2.75, 3.05) is 26.0 Å². The molecule has 0 spiro atoms. The van der Waals surface area contributed by atoms with Crippen molar-refractivity contribution in [3.8, 4) is 0 Å². The Balaban J connectivity index is -0.000000515. The van der Waals surface area contributed by atoms with Crippen LogP contribution in [0.4, 0.5) is 0 Å². The molecule has 0 rings (SSSR count). The number of rotatable bonds is 10. The molecule has 0 aromatic rings. The van der Waals surface area contributed by atoms with Gasteiger partial charge in [-0.15, -0.1) is 0 Å². The molecule has 1 amide bonds. The molecule has 3 N–H and O–H groups in total. The van der Waals surface area contributed by atoms with Gasteiger partial charge in [-0.3, -0.25) is 4.79 Å². The first kappa shape index (κ1) is 33.1. The van der Waals surface area contributed by atoms with Crippen molar-refractivity contribution >= 4 is 34.5 Å². The smallest absolute Gasteiger partial charge is 0.235 e. The number of nitrogens with one attached hydrogen (secondary N) is 1. The minimum atomic E-state index is -0.597. The lowest BCUT2D eigenvalue weighted by molar-refractivity contribution is -0.618. The molecule has 172 valence electrons. The zero-order valence-corrected chi connectivity index (χ0v) is 23.0. The van der Waals surface area contributed by atoms with Gasteiger partial charge in [-0.25, -0.2) is 0 Å². The molecule has 29 heavy (non-hydrogen) atoms. The highest BCUT2D eigenvalue weighted by molar-refractivity contribution is 9.08. The Morgan fingerprint density at radius 1 is 1.14 bits per heavy atom. The molecule has 0 saturated carbocycles. The number of hydrogen-bond donors (Lipinski definition) is 3. The highest BCUT2D eigenvalue weighted by Crippen LogP contribution is 2.32. The minimum absolute atomic E-state index is 0.0462. The number of thiol groups is 1. The summed E-state index contributed by atoms with van der Waals surface area (Å²) in [6.45, 7) is 23.8. The molecule has 1 unspecified atom stereocenters. The summed E-state index contributed by atoms with van der Waals surface area (Å²) >= 11 is 7.48. The number of carbonyl (C=O) groups is 1. The first-order valence-corrected chi connectivity index (χ1v) is 12.4. The summed E-state index contributed by atoms with van der Waals surface area (Å²) in [5, 5.41) is 5.15. The Labute approximate surface area is 195 Å². The molecule has 0 aliphatic heterocycles. The summed E-state index contributed by atoms with van der Waals surface area (Å²) in [5.41, 5.74) is 1.48. The summed E-state index contributed by atoms with van der Waals surface area (Å²) in [6.07, 6.45) is 8.62. The number of nitrogens with two attached hydrogens (primary N) is 1. The molecule has 0 radical (unpaired) electrons. The van der Waals surface area contributed by atoms with Crippen LogP contribution in [-0.2, 0) is 4.79 Å². The lowest BCUT2D eigenvalue weighted by atomic mass is 9.84. The maximum atomic E-state index is 12.2. The quantitative estimate of drug-likeness (QED) is 0.209. The molecule has 0 aliphatic carbocycles. The summed E-state index contributed by atoms with van der Waals surface area (Å²) in [4.78, 5) is 12.2. The molecule has 0 aromatic carbocycles. The first-order chi connectivity index (χ1) is 13.2. The van der Waals surface area contributed by atoms with Gasteiger partial charge >= 0.3 is 0 Å². The van der Waals surface area contributed by atoms with E-state index < -0.39 is 4.75 Å². The predicted octanol–water partition coefficient (Wildman–Crippen LogP) is 5.54. The van der Waals surface area contributed by atoms with E-state index in [1.54, 1.807) is 6.08 Å². The Bertz CT molecular complexity index is 492. The monoisotopic (exact) mass is 491 g/mol. The zero-order valence-electron chi connectivity index (χ0n) is 20.5. The van der Waals surface area contributed by atoms with Gasteiger partial charge in [0, 0.05) is 12.1 Å². The summed E-state index contributed by atoms with van der Waals surface area (Å²) in [5.74, 6) is 1.86. The number of quaternary nitrogens is 1. The third-order valence-corrected chi connectivity index (χ3v) is 4.41. The van der Waals surface area contributed by atoms with Gasteiger partial charge in [0.2, 0.25) is 5.91 Å². The lowest BCUT2D eigenvalue weighted by Gasteiger charge is -2.32. The fraction of sp³-hybridized carbons (Fsp3) is 0.708. The van der Waals surface area contributed by atoms with E-state index >= 15 is 0 Å². The largest absolute Gasteiger partial charge is 0.354 e. The summed E-state index contributed by atoms with van der Waals surface area (Å²) < 4.78 is -0.597. The van der Waals surface area contributed by atoms with Crippen LogP contribution in [0.15, 0.2) is 37.0 Å². The van der Waals surface area contributed by atoms with Gasteiger partial charge in [0.15, 0.2) is 0 Å². The van der Waals surface area contributed by atoms with E-state index in [1.165, 1.54) is 5.57 Å². The van der Waals surface area contributed by atoms with Gasteiger partial charge in [-0.2, -0.15) is 12.6 Å². The molecule has 1 atom stereocenters. The number of hydrogen-bond acceptors (Lipinski definition) is 2. The van der Waals surface area contributed by atoms with E-state index in [-0.39, 0.29) is 16.7 Å². The molecular formula is C24H48BrN2OS+. The van der Waals surface area contributed by atoms with Crippen LogP contribution in [0.3, 0.4) is 0 Å². The van der Waals surface area contributed by atoms with Crippen molar-refractivity contribution in [1.82, 2.24) is 5.32 Å². The zero-order chi connectivity index (χ0) is 23.7. The van der Waals surface area contributed by atoms with Crippen LogP contribution >= 0.6 is 28.6 Å². The van der Waals surface area contributed by atoms with Crippen LogP contribution < -0.4 is 10.6 Å². The van der Waals surface area contributed by atoms with E-state index in [2.05, 4.69) is 93.9 Å². The fourth-order valence-electron chi connectivity index (χ4n) is 2.99. The molecule has 0 bridgehead atoms. The van der Waals surface area contributed by atoms with Crippen LogP contribution in [0, 0.1) is 10.8 Å². The van der Waals surface area contributed by atoms with Crippen LogP contribution in [-0.4, -0.2) is 36.6 Å². The normalized spacial score (nSPS) is 13.7. The van der Waals surface area contributed by atoms with Crippen molar-refractivity contribution < 1.29 is 10.1 Å².